The molecule has 1 atom stereocenters. The van der Waals surface area contributed by atoms with Crippen LogP contribution in [0.1, 0.15) is 35.7 Å². The average Bonchev–Trinajstić information content (AvgIpc) is 2.53. The fourth-order valence-electron chi connectivity index (χ4n) is 2.30. The van der Waals surface area contributed by atoms with Crippen LogP contribution in [-0.4, -0.2) is 49.7 Å². The smallest absolute Gasteiger partial charge is 0.336 e. The highest BCUT2D eigenvalue weighted by atomic mass is 16.6. The van der Waals surface area contributed by atoms with E-state index < -0.39 is 12.1 Å². The molecular formula is C16H21NO4. The van der Waals surface area contributed by atoms with Crippen molar-refractivity contribution in [2.24, 2.45) is 0 Å². The van der Waals surface area contributed by atoms with E-state index in [2.05, 4.69) is 18.6 Å². The number of methoxy groups -OCH3 is 1. The van der Waals surface area contributed by atoms with Crippen LogP contribution in [0.5, 0.6) is 0 Å². The number of carbonyl (C=O) groups is 2. The van der Waals surface area contributed by atoms with E-state index in [0.29, 0.717) is 24.6 Å². The summed E-state index contributed by atoms with van der Waals surface area (Å²) in [7, 11) is 1.32. The molecule has 1 aromatic carbocycles. The average molecular weight is 291 g/mol. The van der Waals surface area contributed by atoms with Gasteiger partial charge in [-0.1, -0.05) is 26.0 Å². The lowest BCUT2D eigenvalue weighted by Gasteiger charge is -2.31. The Balaban J connectivity index is 2.06. The van der Waals surface area contributed by atoms with Crippen LogP contribution in [0.2, 0.25) is 0 Å². The van der Waals surface area contributed by atoms with E-state index in [1.165, 1.54) is 12.7 Å². The number of esters is 1. The van der Waals surface area contributed by atoms with Gasteiger partial charge < -0.3 is 14.4 Å². The minimum atomic E-state index is -0.692. The van der Waals surface area contributed by atoms with E-state index in [1.54, 1.807) is 4.90 Å². The molecule has 21 heavy (non-hydrogen) atoms. The number of ether oxygens (including phenoxy) is 2. The minimum absolute atomic E-state index is 0.0810. The molecule has 1 aliphatic rings. The highest BCUT2D eigenvalue weighted by Gasteiger charge is 2.30. The fraction of sp³-hybridized carbons (Fsp3) is 0.500. The topological polar surface area (TPSA) is 55.8 Å². The second-order valence-corrected chi connectivity index (χ2v) is 5.41. The summed E-state index contributed by atoms with van der Waals surface area (Å²) in [5, 5.41) is 0. The molecule has 2 rings (SSSR count). The molecule has 1 amide bonds. The van der Waals surface area contributed by atoms with Crippen molar-refractivity contribution in [3.8, 4) is 0 Å². The van der Waals surface area contributed by atoms with Crippen LogP contribution >= 0.6 is 0 Å². The van der Waals surface area contributed by atoms with Gasteiger partial charge in [0.25, 0.3) is 5.91 Å². The third-order valence-corrected chi connectivity index (χ3v) is 3.64. The normalized spacial score (nSPS) is 18.7. The van der Waals surface area contributed by atoms with Gasteiger partial charge in [0.2, 0.25) is 0 Å². The Hall–Kier alpha value is -1.88. The molecule has 1 unspecified atom stereocenters. The van der Waals surface area contributed by atoms with Crippen molar-refractivity contribution < 1.29 is 19.1 Å². The Labute approximate surface area is 124 Å². The molecule has 1 aromatic rings. The highest BCUT2D eigenvalue weighted by Crippen LogP contribution is 2.17. The number of hydrogen-bond acceptors (Lipinski definition) is 4. The van der Waals surface area contributed by atoms with Crippen LogP contribution in [0.3, 0.4) is 0 Å². The van der Waals surface area contributed by atoms with Gasteiger partial charge >= 0.3 is 5.97 Å². The first-order valence-corrected chi connectivity index (χ1v) is 7.11. The summed E-state index contributed by atoms with van der Waals surface area (Å²) in [5.74, 6) is -0.0913. The Morgan fingerprint density at radius 3 is 2.52 bits per heavy atom. The van der Waals surface area contributed by atoms with Crippen LogP contribution in [0.4, 0.5) is 0 Å². The van der Waals surface area contributed by atoms with Crippen molar-refractivity contribution in [1.82, 2.24) is 4.90 Å². The number of carbonyl (C=O) groups excluding carboxylic acids is 2. The predicted molar refractivity (Wildman–Crippen MR) is 78.2 cm³/mol. The second-order valence-electron chi connectivity index (χ2n) is 5.41. The zero-order valence-corrected chi connectivity index (χ0v) is 12.7. The molecule has 5 heteroatoms. The zero-order valence-electron chi connectivity index (χ0n) is 12.7. The van der Waals surface area contributed by atoms with Crippen LogP contribution < -0.4 is 0 Å². The Kier molecular flexibility index (Phi) is 4.96. The first-order chi connectivity index (χ1) is 10.0. The first kappa shape index (κ1) is 15.5. The summed E-state index contributed by atoms with van der Waals surface area (Å²) in [6, 6.07) is 7.60. The summed E-state index contributed by atoms with van der Waals surface area (Å²) < 4.78 is 9.99. The molecule has 1 saturated heterocycles. The summed E-state index contributed by atoms with van der Waals surface area (Å²) in [4.78, 5) is 25.6. The van der Waals surface area contributed by atoms with Crippen LogP contribution in [-0.2, 0) is 14.3 Å². The number of nitrogens with zero attached hydrogens (tertiary/aromatic N) is 1. The number of rotatable bonds is 3. The number of benzene rings is 1. The van der Waals surface area contributed by atoms with Gasteiger partial charge in [-0.3, -0.25) is 4.79 Å². The van der Waals surface area contributed by atoms with Gasteiger partial charge in [-0.15, -0.1) is 0 Å². The third-order valence-electron chi connectivity index (χ3n) is 3.64. The molecule has 0 spiro atoms. The summed E-state index contributed by atoms with van der Waals surface area (Å²) in [6.07, 6.45) is -0.692. The molecule has 114 valence electrons. The van der Waals surface area contributed by atoms with E-state index in [-0.39, 0.29) is 12.5 Å². The van der Waals surface area contributed by atoms with Crippen molar-refractivity contribution in [2.75, 3.05) is 26.8 Å². The summed E-state index contributed by atoms with van der Waals surface area (Å²) in [5.41, 5.74) is 1.82. The Morgan fingerprint density at radius 1 is 1.29 bits per heavy atom. The number of morpholine rings is 1. The van der Waals surface area contributed by atoms with Crippen molar-refractivity contribution in [3.05, 3.63) is 35.4 Å². The molecule has 1 fully saturated rings. The van der Waals surface area contributed by atoms with Gasteiger partial charge in [0, 0.05) is 12.1 Å². The van der Waals surface area contributed by atoms with Gasteiger partial charge in [-0.05, 0) is 23.6 Å². The lowest BCUT2D eigenvalue weighted by Crippen LogP contribution is -2.48. The molecule has 0 N–H and O–H groups in total. The lowest BCUT2D eigenvalue weighted by molar-refractivity contribution is -0.158. The van der Waals surface area contributed by atoms with Crippen molar-refractivity contribution in [2.45, 2.75) is 25.9 Å². The second kappa shape index (κ2) is 6.72. The summed E-state index contributed by atoms with van der Waals surface area (Å²) in [6.45, 7) is 5.28. The van der Waals surface area contributed by atoms with E-state index in [0.717, 1.165) is 0 Å². The van der Waals surface area contributed by atoms with Crippen molar-refractivity contribution in [1.29, 1.82) is 0 Å². The monoisotopic (exact) mass is 291 g/mol. The van der Waals surface area contributed by atoms with Gasteiger partial charge in [0.1, 0.15) is 0 Å². The molecule has 0 aliphatic carbocycles. The highest BCUT2D eigenvalue weighted by molar-refractivity contribution is 5.94. The van der Waals surface area contributed by atoms with E-state index in [9.17, 15) is 9.59 Å². The van der Waals surface area contributed by atoms with E-state index in [1.807, 2.05) is 24.3 Å². The van der Waals surface area contributed by atoms with E-state index >= 15 is 0 Å². The van der Waals surface area contributed by atoms with Crippen molar-refractivity contribution >= 4 is 11.9 Å². The first-order valence-electron chi connectivity index (χ1n) is 7.11. The quantitative estimate of drug-likeness (QED) is 0.797. The van der Waals surface area contributed by atoms with Crippen LogP contribution in [0, 0.1) is 0 Å². The maximum Gasteiger partial charge on any atom is 0.336 e. The van der Waals surface area contributed by atoms with Crippen LogP contribution in [0.25, 0.3) is 0 Å². The fourth-order valence-corrected chi connectivity index (χ4v) is 2.30. The largest absolute Gasteiger partial charge is 0.467 e. The number of hydrogen-bond donors (Lipinski definition) is 0. The minimum Gasteiger partial charge on any atom is -0.467 e. The molecule has 0 saturated carbocycles. The SMILES string of the molecule is COC(=O)C1CN(C(=O)c2ccc(C(C)C)cc2)CCO1. The van der Waals surface area contributed by atoms with Gasteiger partial charge in [-0.2, -0.15) is 0 Å². The van der Waals surface area contributed by atoms with Gasteiger partial charge in [0.15, 0.2) is 6.10 Å². The summed E-state index contributed by atoms with van der Waals surface area (Å²) >= 11 is 0. The Bertz CT molecular complexity index is 510. The van der Waals surface area contributed by atoms with Gasteiger partial charge in [0.05, 0.1) is 20.3 Å². The standard InChI is InChI=1S/C16H21NO4/c1-11(2)12-4-6-13(7-5-12)15(18)17-8-9-21-14(10-17)16(19)20-3/h4-7,11,14H,8-10H2,1-3H3. The lowest BCUT2D eigenvalue weighted by atomic mass is 10.0. The van der Waals surface area contributed by atoms with Gasteiger partial charge in [-0.25, -0.2) is 4.79 Å². The molecule has 0 bridgehead atoms. The maximum atomic E-state index is 12.5. The molecule has 5 nitrogen and oxygen atoms in total. The molecular weight excluding hydrogens is 270 g/mol. The third kappa shape index (κ3) is 3.61. The molecule has 1 aliphatic heterocycles. The van der Waals surface area contributed by atoms with Crippen LogP contribution in [0.15, 0.2) is 24.3 Å². The molecule has 1 heterocycles. The number of amides is 1. The molecule has 0 radical (unpaired) electrons. The molecule has 0 aromatic heterocycles. The predicted octanol–water partition coefficient (Wildman–Crippen LogP) is 1.82. The maximum absolute atomic E-state index is 12.5. The Morgan fingerprint density at radius 2 is 1.95 bits per heavy atom. The van der Waals surface area contributed by atoms with Crippen molar-refractivity contribution in [3.63, 3.8) is 0 Å². The zero-order chi connectivity index (χ0) is 15.4. The van der Waals surface area contributed by atoms with E-state index in [4.69, 9.17) is 4.74 Å².